The maximum atomic E-state index is 12.7. The van der Waals surface area contributed by atoms with Gasteiger partial charge in [0.15, 0.2) is 0 Å². The summed E-state index contributed by atoms with van der Waals surface area (Å²) in [5.41, 5.74) is 3.71. The number of hydrogen-bond acceptors (Lipinski definition) is 3. The standard InChI is InChI=1S/C40H62O3/c1-5-7-9-11-12-14-16-31-20-24-36-35-23-19-32-29-34(25-27-40(32,4)37(35)26-28-39(31,36)3)43-38(41)42-33-21-17-30(18-22-33)15-13-10-8-6-2/h17-19,21-22,31,34-37H,5-16,20,23-29H2,1-4H3/t31-,34+,35-,36-,37-,39-,40+/m1/s1. The van der Waals surface area contributed by atoms with Crippen LogP contribution in [0.15, 0.2) is 35.9 Å². The minimum atomic E-state index is -0.547. The van der Waals surface area contributed by atoms with Crippen molar-refractivity contribution in [2.75, 3.05) is 0 Å². The van der Waals surface area contributed by atoms with E-state index in [1.165, 1.54) is 108 Å². The molecule has 0 radical (unpaired) electrons. The fraction of sp³-hybridized carbons (Fsp3) is 0.775. The molecular formula is C40H62O3. The van der Waals surface area contributed by atoms with Gasteiger partial charge in [0.25, 0.3) is 0 Å². The molecule has 0 bridgehead atoms. The summed E-state index contributed by atoms with van der Waals surface area (Å²) in [6, 6.07) is 7.99. The lowest BCUT2D eigenvalue weighted by Gasteiger charge is -2.58. The van der Waals surface area contributed by atoms with Crippen LogP contribution in [0.3, 0.4) is 0 Å². The molecule has 3 saturated carbocycles. The second kappa shape index (κ2) is 15.0. The highest BCUT2D eigenvalue weighted by atomic mass is 16.7. The average Bonchev–Trinajstić information content (AvgIpc) is 3.34. The summed E-state index contributed by atoms with van der Waals surface area (Å²) in [6.45, 7) is 9.79. The van der Waals surface area contributed by atoms with Crippen LogP contribution in [0.1, 0.15) is 155 Å². The lowest BCUT2D eigenvalue weighted by molar-refractivity contribution is -0.0538. The summed E-state index contributed by atoms with van der Waals surface area (Å²) in [5, 5.41) is 0. The molecule has 0 spiro atoms. The molecule has 1 aromatic rings. The number of benzene rings is 1. The molecule has 4 aliphatic rings. The summed E-state index contributed by atoms with van der Waals surface area (Å²) in [7, 11) is 0. The molecule has 0 amide bonds. The SMILES string of the molecule is CCCCCCCC[C@@H]1CC[C@@H]2[C@H]3CC=C4C[C@@H](OC(=O)Oc5ccc(CCCCCC)cc5)CC[C@]4(C)[C@@H]3CC[C@]12C. The van der Waals surface area contributed by atoms with Crippen LogP contribution < -0.4 is 4.74 Å². The zero-order valence-corrected chi connectivity index (χ0v) is 28.1. The first kappa shape index (κ1) is 32.6. The maximum Gasteiger partial charge on any atom is 0.514 e. The molecule has 43 heavy (non-hydrogen) atoms. The Hall–Kier alpha value is -1.77. The van der Waals surface area contributed by atoms with Crippen LogP contribution in [0.5, 0.6) is 5.75 Å². The smallest absolute Gasteiger partial charge is 0.430 e. The summed E-state index contributed by atoms with van der Waals surface area (Å²) >= 11 is 0. The molecule has 240 valence electrons. The van der Waals surface area contributed by atoms with Gasteiger partial charge in [-0.3, -0.25) is 0 Å². The van der Waals surface area contributed by atoms with E-state index < -0.39 is 6.16 Å². The van der Waals surface area contributed by atoms with Crippen molar-refractivity contribution in [1.82, 2.24) is 0 Å². The Bertz CT molecular complexity index is 1060. The molecule has 0 heterocycles. The lowest BCUT2D eigenvalue weighted by Crippen LogP contribution is -2.50. The van der Waals surface area contributed by atoms with Crippen LogP contribution in [-0.2, 0) is 11.2 Å². The number of carbonyl (C=O) groups is 1. The number of fused-ring (bicyclic) bond motifs is 5. The van der Waals surface area contributed by atoms with E-state index in [-0.39, 0.29) is 11.5 Å². The number of unbranched alkanes of at least 4 members (excludes halogenated alkanes) is 8. The van der Waals surface area contributed by atoms with E-state index >= 15 is 0 Å². The molecule has 3 nitrogen and oxygen atoms in total. The van der Waals surface area contributed by atoms with Crippen molar-refractivity contribution < 1.29 is 14.3 Å². The van der Waals surface area contributed by atoms with Crippen LogP contribution in [0.25, 0.3) is 0 Å². The number of allylic oxidation sites excluding steroid dienone is 1. The van der Waals surface area contributed by atoms with Gasteiger partial charge in [-0.1, -0.05) is 109 Å². The zero-order valence-electron chi connectivity index (χ0n) is 28.1. The number of carbonyl (C=O) groups excluding carboxylic acids is 1. The molecule has 3 heteroatoms. The fourth-order valence-electron chi connectivity index (χ4n) is 10.2. The van der Waals surface area contributed by atoms with Crippen LogP contribution >= 0.6 is 0 Å². The minimum absolute atomic E-state index is 0.0664. The fourth-order valence-corrected chi connectivity index (χ4v) is 10.2. The third-order valence-corrected chi connectivity index (χ3v) is 12.9. The Labute approximate surface area is 264 Å². The predicted molar refractivity (Wildman–Crippen MR) is 178 cm³/mol. The Morgan fingerprint density at radius 1 is 0.814 bits per heavy atom. The van der Waals surface area contributed by atoms with Crippen molar-refractivity contribution >= 4 is 6.16 Å². The van der Waals surface area contributed by atoms with Crippen LogP contribution in [0.2, 0.25) is 0 Å². The first-order valence-corrected chi connectivity index (χ1v) is 18.5. The molecule has 0 saturated heterocycles. The van der Waals surface area contributed by atoms with Gasteiger partial charge in [0.05, 0.1) is 0 Å². The second-order valence-electron chi connectivity index (χ2n) is 15.4. The molecule has 0 aromatic heterocycles. The lowest BCUT2D eigenvalue weighted by atomic mass is 9.47. The Morgan fingerprint density at radius 2 is 1.53 bits per heavy atom. The van der Waals surface area contributed by atoms with E-state index in [4.69, 9.17) is 9.47 Å². The van der Waals surface area contributed by atoms with Crippen molar-refractivity contribution in [2.24, 2.45) is 34.5 Å². The van der Waals surface area contributed by atoms with Gasteiger partial charge >= 0.3 is 6.16 Å². The van der Waals surface area contributed by atoms with Crippen LogP contribution in [-0.4, -0.2) is 12.3 Å². The summed E-state index contributed by atoms with van der Waals surface area (Å²) in [4.78, 5) is 12.7. The quantitative estimate of drug-likeness (QED) is 0.0935. The zero-order chi connectivity index (χ0) is 30.3. The van der Waals surface area contributed by atoms with Crippen molar-refractivity contribution in [1.29, 1.82) is 0 Å². The highest BCUT2D eigenvalue weighted by Crippen LogP contribution is 2.66. The third kappa shape index (κ3) is 7.55. The first-order chi connectivity index (χ1) is 20.9. The van der Waals surface area contributed by atoms with Crippen LogP contribution in [0, 0.1) is 34.5 Å². The molecule has 1 aromatic carbocycles. The average molecular weight is 591 g/mol. The van der Waals surface area contributed by atoms with E-state index in [1.54, 1.807) is 5.57 Å². The van der Waals surface area contributed by atoms with E-state index in [1.807, 2.05) is 12.1 Å². The molecule has 3 fully saturated rings. The van der Waals surface area contributed by atoms with E-state index in [0.29, 0.717) is 11.2 Å². The minimum Gasteiger partial charge on any atom is -0.430 e. The normalized spacial score (nSPS) is 33.2. The highest BCUT2D eigenvalue weighted by Gasteiger charge is 2.58. The topological polar surface area (TPSA) is 35.5 Å². The van der Waals surface area contributed by atoms with E-state index in [9.17, 15) is 4.79 Å². The van der Waals surface area contributed by atoms with E-state index in [0.717, 1.165) is 49.4 Å². The maximum absolute atomic E-state index is 12.7. The van der Waals surface area contributed by atoms with Gasteiger partial charge < -0.3 is 9.47 Å². The number of hydrogen-bond donors (Lipinski definition) is 0. The molecule has 0 aliphatic heterocycles. The molecular weight excluding hydrogens is 528 g/mol. The van der Waals surface area contributed by atoms with Crippen molar-refractivity contribution in [2.45, 2.75) is 162 Å². The molecule has 5 rings (SSSR count). The van der Waals surface area contributed by atoms with Crippen LogP contribution in [0.4, 0.5) is 4.79 Å². The second-order valence-corrected chi connectivity index (χ2v) is 15.4. The number of aryl methyl sites for hydroxylation is 1. The number of rotatable bonds is 14. The van der Waals surface area contributed by atoms with Crippen molar-refractivity contribution in [3.8, 4) is 5.75 Å². The first-order valence-electron chi connectivity index (χ1n) is 18.5. The summed E-state index contributed by atoms with van der Waals surface area (Å²) < 4.78 is 11.5. The Balaban J connectivity index is 1.11. The van der Waals surface area contributed by atoms with Gasteiger partial charge in [0.2, 0.25) is 0 Å². The predicted octanol–water partition coefficient (Wildman–Crippen LogP) is 12.0. The molecule has 0 unspecified atom stereocenters. The van der Waals surface area contributed by atoms with E-state index in [2.05, 4.69) is 45.9 Å². The van der Waals surface area contributed by atoms with Gasteiger partial charge in [0.1, 0.15) is 11.9 Å². The van der Waals surface area contributed by atoms with Gasteiger partial charge in [-0.05, 0) is 116 Å². The Morgan fingerprint density at radius 3 is 2.30 bits per heavy atom. The monoisotopic (exact) mass is 590 g/mol. The highest BCUT2D eigenvalue weighted by molar-refractivity contribution is 5.64. The van der Waals surface area contributed by atoms with Crippen molar-refractivity contribution in [3.05, 3.63) is 41.5 Å². The Kier molecular flexibility index (Phi) is 11.4. The summed E-state index contributed by atoms with van der Waals surface area (Å²) in [5.74, 6) is 4.07. The molecule has 7 atom stereocenters. The molecule has 0 N–H and O–H groups in total. The van der Waals surface area contributed by atoms with Crippen molar-refractivity contribution in [3.63, 3.8) is 0 Å². The van der Waals surface area contributed by atoms with Gasteiger partial charge in [-0.2, -0.15) is 0 Å². The van der Waals surface area contributed by atoms with Gasteiger partial charge in [-0.15, -0.1) is 0 Å². The number of ether oxygens (including phenoxy) is 2. The van der Waals surface area contributed by atoms with Gasteiger partial charge in [-0.25, -0.2) is 4.79 Å². The third-order valence-electron chi connectivity index (χ3n) is 12.9. The summed E-state index contributed by atoms with van der Waals surface area (Å²) in [6.07, 6.45) is 28.0. The molecule has 4 aliphatic carbocycles. The largest absolute Gasteiger partial charge is 0.514 e. The van der Waals surface area contributed by atoms with Gasteiger partial charge in [0, 0.05) is 6.42 Å².